The molecule has 0 aromatic rings. The standard InChI is InChI=1S/C6H14N4O2/c1-8-5(11)3-4-10(2)6(12)9-7/h3-4,7H2,1-2H3,(H,8,11)(H,9,12). The monoisotopic (exact) mass is 174 g/mol. The number of carbonyl (C=O) groups excluding carboxylic acids is 2. The maximum absolute atomic E-state index is 10.8. The van der Waals surface area contributed by atoms with Crippen LogP contribution in [-0.4, -0.2) is 37.5 Å². The Morgan fingerprint density at radius 1 is 1.50 bits per heavy atom. The van der Waals surface area contributed by atoms with Crippen LogP contribution in [0.15, 0.2) is 0 Å². The first-order valence-electron chi connectivity index (χ1n) is 3.54. The molecule has 0 bridgehead atoms. The third kappa shape index (κ3) is 3.77. The highest BCUT2D eigenvalue weighted by atomic mass is 16.2. The van der Waals surface area contributed by atoms with Gasteiger partial charge < -0.3 is 10.2 Å². The second-order valence-electron chi connectivity index (χ2n) is 2.29. The quantitative estimate of drug-likeness (QED) is 0.280. The third-order valence-electron chi connectivity index (χ3n) is 1.42. The van der Waals surface area contributed by atoms with E-state index in [1.54, 1.807) is 14.1 Å². The molecule has 0 atom stereocenters. The molecule has 70 valence electrons. The fraction of sp³-hybridized carbons (Fsp3) is 0.667. The number of nitrogens with zero attached hydrogens (tertiary/aromatic N) is 1. The van der Waals surface area contributed by atoms with Gasteiger partial charge in [0, 0.05) is 27.1 Å². The molecule has 0 fully saturated rings. The first kappa shape index (κ1) is 10.7. The lowest BCUT2D eigenvalue weighted by Gasteiger charge is -2.14. The number of hydrazine groups is 1. The van der Waals surface area contributed by atoms with Gasteiger partial charge in [-0.15, -0.1) is 0 Å². The normalized spacial score (nSPS) is 8.92. The zero-order valence-corrected chi connectivity index (χ0v) is 7.26. The number of hydrogen-bond donors (Lipinski definition) is 3. The molecular formula is C6H14N4O2. The van der Waals surface area contributed by atoms with Crippen molar-refractivity contribution in [1.82, 2.24) is 15.6 Å². The van der Waals surface area contributed by atoms with Crippen LogP contribution in [0.25, 0.3) is 0 Å². The Kier molecular flexibility index (Phi) is 4.78. The Morgan fingerprint density at radius 2 is 2.08 bits per heavy atom. The molecule has 0 heterocycles. The topological polar surface area (TPSA) is 87.5 Å². The van der Waals surface area contributed by atoms with Gasteiger partial charge in [-0.3, -0.25) is 10.2 Å². The van der Waals surface area contributed by atoms with E-state index in [-0.39, 0.29) is 12.3 Å². The van der Waals surface area contributed by atoms with Crippen molar-refractivity contribution in [3.63, 3.8) is 0 Å². The van der Waals surface area contributed by atoms with Crippen molar-refractivity contribution in [2.45, 2.75) is 6.42 Å². The van der Waals surface area contributed by atoms with Crippen molar-refractivity contribution in [1.29, 1.82) is 0 Å². The van der Waals surface area contributed by atoms with Gasteiger partial charge in [-0.25, -0.2) is 10.6 Å². The summed E-state index contributed by atoms with van der Waals surface area (Å²) in [5.74, 6) is 4.77. The molecule has 0 saturated heterocycles. The largest absolute Gasteiger partial charge is 0.359 e. The van der Waals surface area contributed by atoms with Crippen LogP contribution in [0.2, 0.25) is 0 Å². The first-order chi connectivity index (χ1) is 5.61. The summed E-state index contributed by atoms with van der Waals surface area (Å²) in [6, 6.07) is -0.404. The van der Waals surface area contributed by atoms with Crippen LogP contribution in [0, 0.1) is 0 Å². The van der Waals surface area contributed by atoms with Gasteiger partial charge in [-0.1, -0.05) is 0 Å². The van der Waals surface area contributed by atoms with Crippen molar-refractivity contribution < 1.29 is 9.59 Å². The summed E-state index contributed by atoms with van der Waals surface area (Å²) in [6.07, 6.45) is 0.278. The number of amides is 3. The van der Waals surface area contributed by atoms with Crippen molar-refractivity contribution in [2.75, 3.05) is 20.6 Å². The molecule has 0 saturated carbocycles. The second-order valence-corrected chi connectivity index (χ2v) is 2.29. The average Bonchev–Trinajstić information content (AvgIpc) is 2.11. The molecule has 0 aliphatic heterocycles. The summed E-state index contributed by atoms with van der Waals surface area (Å²) in [5.41, 5.74) is 1.96. The molecule has 0 aromatic carbocycles. The lowest BCUT2D eigenvalue weighted by molar-refractivity contribution is -0.120. The Balaban J connectivity index is 3.63. The summed E-state index contributed by atoms with van der Waals surface area (Å²) < 4.78 is 0. The Labute approximate surface area is 71.1 Å². The van der Waals surface area contributed by atoms with E-state index in [9.17, 15) is 9.59 Å². The van der Waals surface area contributed by atoms with Crippen LogP contribution in [-0.2, 0) is 4.79 Å². The highest BCUT2D eigenvalue weighted by Crippen LogP contribution is 1.86. The Bertz CT molecular complexity index is 171. The molecule has 0 aliphatic carbocycles. The number of hydrogen-bond acceptors (Lipinski definition) is 3. The highest BCUT2D eigenvalue weighted by molar-refractivity contribution is 5.77. The van der Waals surface area contributed by atoms with E-state index in [1.807, 2.05) is 5.43 Å². The summed E-state index contributed by atoms with van der Waals surface area (Å²) >= 11 is 0. The summed E-state index contributed by atoms with van der Waals surface area (Å²) in [5, 5.41) is 2.45. The Morgan fingerprint density at radius 3 is 2.50 bits per heavy atom. The maximum atomic E-state index is 10.8. The smallest absolute Gasteiger partial charge is 0.331 e. The Hall–Kier alpha value is -1.30. The fourth-order valence-electron chi connectivity index (χ4n) is 0.606. The van der Waals surface area contributed by atoms with Crippen LogP contribution in [0.5, 0.6) is 0 Å². The van der Waals surface area contributed by atoms with E-state index in [0.29, 0.717) is 6.54 Å². The van der Waals surface area contributed by atoms with E-state index in [1.165, 1.54) is 4.90 Å². The van der Waals surface area contributed by atoms with Gasteiger partial charge in [0.1, 0.15) is 0 Å². The van der Waals surface area contributed by atoms with Crippen LogP contribution in [0.3, 0.4) is 0 Å². The van der Waals surface area contributed by atoms with Crippen LogP contribution >= 0.6 is 0 Å². The van der Waals surface area contributed by atoms with Crippen LogP contribution < -0.4 is 16.6 Å². The number of nitrogens with two attached hydrogens (primary N) is 1. The predicted molar refractivity (Wildman–Crippen MR) is 44.0 cm³/mol. The van der Waals surface area contributed by atoms with E-state index in [0.717, 1.165) is 0 Å². The fourth-order valence-corrected chi connectivity index (χ4v) is 0.606. The number of urea groups is 1. The van der Waals surface area contributed by atoms with Gasteiger partial charge in [0.15, 0.2) is 0 Å². The lowest BCUT2D eigenvalue weighted by Crippen LogP contribution is -2.42. The van der Waals surface area contributed by atoms with Crippen molar-refractivity contribution in [3.8, 4) is 0 Å². The molecule has 6 heteroatoms. The minimum Gasteiger partial charge on any atom is -0.359 e. The molecule has 0 spiro atoms. The summed E-state index contributed by atoms with van der Waals surface area (Å²) in [6.45, 7) is 0.350. The van der Waals surface area contributed by atoms with E-state index in [2.05, 4.69) is 5.32 Å². The molecule has 0 unspecified atom stereocenters. The predicted octanol–water partition coefficient (Wildman–Crippen LogP) is -1.36. The van der Waals surface area contributed by atoms with Gasteiger partial charge in [0.2, 0.25) is 5.91 Å². The van der Waals surface area contributed by atoms with Gasteiger partial charge in [0.05, 0.1) is 0 Å². The third-order valence-corrected chi connectivity index (χ3v) is 1.42. The maximum Gasteiger partial charge on any atom is 0.331 e. The molecule has 6 nitrogen and oxygen atoms in total. The zero-order chi connectivity index (χ0) is 9.56. The summed E-state index contributed by atoms with van der Waals surface area (Å²) in [4.78, 5) is 22.8. The van der Waals surface area contributed by atoms with Crippen molar-refractivity contribution in [3.05, 3.63) is 0 Å². The molecule has 0 aromatic heterocycles. The zero-order valence-electron chi connectivity index (χ0n) is 7.26. The number of nitrogens with one attached hydrogen (secondary N) is 2. The average molecular weight is 174 g/mol. The van der Waals surface area contributed by atoms with Gasteiger partial charge in [-0.05, 0) is 0 Å². The minimum absolute atomic E-state index is 0.105. The number of rotatable bonds is 3. The van der Waals surface area contributed by atoms with E-state index < -0.39 is 6.03 Å². The molecule has 0 aliphatic rings. The highest BCUT2D eigenvalue weighted by Gasteiger charge is 2.07. The number of carbonyl (C=O) groups is 2. The van der Waals surface area contributed by atoms with Gasteiger partial charge >= 0.3 is 6.03 Å². The summed E-state index contributed by atoms with van der Waals surface area (Å²) in [7, 11) is 3.11. The molecular weight excluding hydrogens is 160 g/mol. The van der Waals surface area contributed by atoms with Crippen LogP contribution in [0.4, 0.5) is 4.79 Å². The van der Waals surface area contributed by atoms with Gasteiger partial charge in [0.25, 0.3) is 0 Å². The second kappa shape index (κ2) is 5.36. The SMILES string of the molecule is CNC(=O)CCN(C)C(=O)NN. The molecule has 12 heavy (non-hydrogen) atoms. The van der Waals surface area contributed by atoms with Crippen molar-refractivity contribution in [2.24, 2.45) is 5.84 Å². The van der Waals surface area contributed by atoms with E-state index in [4.69, 9.17) is 5.84 Å². The van der Waals surface area contributed by atoms with Crippen molar-refractivity contribution >= 4 is 11.9 Å². The molecule has 0 radical (unpaired) electrons. The minimum atomic E-state index is -0.404. The molecule has 0 rings (SSSR count). The molecule has 3 amide bonds. The van der Waals surface area contributed by atoms with Gasteiger partial charge in [-0.2, -0.15) is 0 Å². The lowest BCUT2D eigenvalue weighted by atomic mass is 10.4. The first-order valence-corrected chi connectivity index (χ1v) is 3.54. The van der Waals surface area contributed by atoms with E-state index >= 15 is 0 Å². The molecule has 4 N–H and O–H groups in total. The van der Waals surface area contributed by atoms with Crippen LogP contribution in [0.1, 0.15) is 6.42 Å².